The minimum Gasteiger partial charge on any atom is -0.459 e. The third-order valence-electron chi connectivity index (χ3n) is 4.24. The Morgan fingerprint density at radius 1 is 1.03 bits per heavy atom. The van der Waals surface area contributed by atoms with Crippen molar-refractivity contribution in [2.75, 3.05) is 18.4 Å². The Morgan fingerprint density at radius 2 is 1.60 bits per heavy atom. The Labute approximate surface area is 182 Å². The van der Waals surface area contributed by atoms with E-state index < -0.39 is 21.9 Å². The Hall–Kier alpha value is -2.42. The number of halogens is 1. The lowest BCUT2D eigenvalue weighted by Gasteiger charge is -2.19. The number of hydrogen-bond acceptors (Lipinski definition) is 5. The topological polar surface area (TPSA) is 92.8 Å². The van der Waals surface area contributed by atoms with Gasteiger partial charge in [-0.2, -0.15) is 4.31 Å². The van der Waals surface area contributed by atoms with Gasteiger partial charge in [0.25, 0.3) is 5.91 Å². The van der Waals surface area contributed by atoms with Gasteiger partial charge in [-0.05, 0) is 56.3 Å². The standard InChI is InChI=1S/C21H25ClN2O5S/c1-5-24(6-2)30(27,28)19-13-16(9-12-18(19)22)20(25)23-17-10-7-15(8-11-17)21(26)29-14(3)4/h7-14H,5-6H2,1-4H3,(H,23,25). The molecular formula is C21H25ClN2O5S. The Balaban J connectivity index is 2.23. The number of esters is 1. The van der Waals surface area contributed by atoms with Crippen LogP contribution in [0.5, 0.6) is 0 Å². The maximum absolute atomic E-state index is 12.8. The number of ether oxygens (including phenoxy) is 1. The van der Waals surface area contributed by atoms with Crippen LogP contribution in [-0.2, 0) is 14.8 Å². The van der Waals surface area contributed by atoms with Gasteiger partial charge in [-0.15, -0.1) is 0 Å². The first kappa shape index (κ1) is 23.9. The van der Waals surface area contributed by atoms with E-state index in [-0.39, 0.29) is 34.7 Å². The quantitative estimate of drug-likeness (QED) is 0.606. The molecule has 0 heterocycles. The van der Waals surface area contributed by atoms with E-state index in [2.05, 4.69) is 5.32 Å². The third-order valence-corrected chi connectivity index (χ3v) is 6.77. The zero-order chi connectivity index (χ0) is 22.5. The second kappa shape index (κ2) is 10.1. The summed E-state index contributed by atoms with van der Waals surface area (Å²) in [6.07, 6.45) is -0.233. The van der Waals surface area contributed by atoms with E-state index in [1.165, 1.54) is 22.5 Å². The van der Waals surface area contributed by atoms with Crippen LogP contribution in [0.2, 0.25) is 5.02 Å². The fourth-order valence-corrected chi connectivity index (χ4v) is 4.68. The fraction of sp³-hybridized carbons (Fsp3) is 0.333. The number of carbonyl (C=O) groups excluding carboxylic acids is 2. The molecule has 0 aliphatic rings. The molecule has 0 unspecified atom stereocenters. The first-order valence-corrected chi connectivity index (χ1v) is 11.3. The molecule has 0 atom stereocenters. The molecule has 0 radical (unpaired) electrons. The van der Waals surface area contributed by atoms with Crippen LogP contribution in [0.15, 0.2) is 47.4 Å². The summed E-state index contributed by atoms with van der Waals surface area (Å²) in [7, 11) is -3.82. The summed E-state index contributed by atoms with van der Waals surface area (Å²) >= 11 is 6.11. The lowest BCUT2D eigenvalue weighted by Crippen LogP contribution is -2.31. The molecule has 0 aliphatic heterocycles. The number of hydrogen-bond donors (Lipinski definition) is 1. The SMILES string of the molecule is CCN(CC)S(=O)(=O)c1cc(C(=O)Nc2ccc(C(=O)OC(C)C)cc2)ccc1Cl. The van der Waals surface area contributed by atoms with Crippen LogP contribution in [0.4, 0.5) is 5.69 Å². The molecule has 162 valence electrons. The zero-order valence-electron chi connectivity index (χ0n) is 17.3. The molecule has 0 aromatic heterocycles. The van der Waals surface area contributed by atoms with E-state index in [1.807, 2.05) is 0 Å². The van der Waals surface area contributed by atoms with Crippen molar-refractivity contribution < 1.29 is 22.7 Å². The smallest absolute Gasteiger partial charge is 0.338 e. The van der Waals surface area contributed by atoms with Crippen molar-refractivity contribution in [1.82, 2.24) is 4.31 Å². The summed E-state index contributed by atoms with van der Waals surface area (Å²) in [5.41, 5.74) is 0.957. The largest absolute Gasteiger partial charge is 0.459 e. The van der Waals surface area contributed by atoms with Crippen molar-refractivity contribution in [3.8, 4) is 0 Å². The maximum atomic E-state index is 12.8. The Bertz CT molecular complexity index is 1020. The number of carbonyl (C=O) groups is 2. The summed E-state index contributed by atoms with van der Waals surface area (Å²) in [6.45, 7) is 7.55. The van der Waals surface area contributed by atoms with E-state index in [9.17, 15) is 18.0 Å². The van der Waals surface area contributed by atoms with Gasteiger partial charge in [0.15, 0.2) is 0 Å². The summed E-state index contributed by atoms with van der Waals surface area (Å²) in [6, 6.07) is 10.3. The van der Waals surface area contributed by atoms with Crippen LogP contribution in [0, 0.1) is 0 Å². The highest BCUT2D eigenvalue weighted by Crippen LogP contribution is 2.26. The number of nitrogens with zero attached hydrogens (tertiary/aromatic N) is 1. The number of sulfonamides is 1. The van der Waals surface area contributed by atoms with Crippen molar-refractivity contribution in [3.05, 3.63) is 58.6 Å². The molecule has 30 heavy (non-hydrogen) atoms. The molecule has 0 bridgehead atoms. The van der Waals surface area contributed by atoms with Crippen LogP contribution in [0.1, 0.15) is 48.4 Å². The zero-order valence-corrected chi connectivity index (χ0v) is 18.9. The summed E-state index contributed by atoms with van der Waals surface area (Å²) in [4.78, 5) is 24.4. The van der Waals surface area contributed by atoms with Gasteiger partial charge >= 0.3 is 5.97 Å². The predicted molar refractivity (Wildman–Crippen MR) is 117 cm³/mol. The van der Waals surface area contributed by atoms with Crippen molar-refractivity contribution in [1.29, 1.82) is 0 Å². The molecule has 0 fully saturated rings. The van der Waals surface area contributed by atoms with Gasteiger partial charge in [-0.25, -0.2) is 13.2 Å². The van der Waals surface area contributed by atoms with E-state index in [4.69, 9.17) is 16.3 Å². The van der Waals surface area contributed by atoms with Gasteiger partial charge in [-0.1, -0.05) is 25.4 Å². The average Bonchev–Trinajstić information content (AvgIpc) is 2.68. The van der Waals surface area contributed by atoms with Crippen LogP contribution in [0.25, 0.3) is 0 Å². The summed E-state index contributed by atoms with van der Waals surface area (Å²) in [5.74, 6) is -0.952. The lowest BCUT2D eigenvalue weighted by atomic mass is 10.2. The number of anilines is 1. The third kappa shape index (κ3) is 5.59. The number of benzene rings is 2. The normalized spacial score (nSPS) is 11.6. The van der Waals surface area contributed by atoms with E-state index >= 15 is 0 Å². The van der Waals surface area contributed by atoms with Crippen LogP contribution < -0.4 is 5.32 Å². The van der Waals surface area contributed by atoms with Gasteiger partial charge in [0.1, 0.15) is 4.90 Å². The molecule has 0 spiro atoms. The molecule has 2 rings (SSSR count). The highest BCUT2D eigenvalue weighted by Gasteiger charge is 2.25. The van der Waals surface area contributed by atoms with E-state index in [0.717, 1.165) is 0 Å². The highest BCUT2D eigenvalue weighted by atomic mass is 35.5. The van der Waals surface area contributed by atoms with Gasteiger partial charge in [0.05, 0.1) is 16.7 Å². The molecule has 9 heteroatoms. The predicted octanol–water partition coefficient (Wildman–Crippen LogP) is 4.19. The second-order valence-corrected chi connectivity index (χ2v) is 9.03. The maximum Gasteiger partial charge on any atom is 0.338 e. The highest BCUT2D eigenvalue weighted by molar-refractivity contribution is 7.89. The van der Waals surface area contributed by atoms with Crippen molar-refractivity contribution >= 4 is 39.2 Å². The van der Waals surface area contributed by atoms with Gasteiger partial charge in [0.2, 0.25) is 10.0 Å². The average molecular weight is 453 g/mol. The molecule has 2 aromatic rings. The molecule has 0 saturated heterocycles. The second-order valence-electron chi connectivity index (χ2n) is 6.72. The van der Waals surface area contributed by atoms with Crippen LogP contribution in [-0.4, -0.2) is 43.8 Å². The molecule has 0 saturated carbocycles. The lowest BCUT2D eigenvalue weighted by molar-refractivity contribution is 0.0378. The monoisotopic (exact) mass is 452 g/mol. The number of amides is 1. The fourth-order valence-electron chi connectivity index (χ4n) is 2.72. The first-order chi connectivity index (χ1) is 14.1. The van der Waals surface area contributed by atoms with Gasteiger partial charge in [-0.3, -0.25) is 4.79 Å². The molecule has 1 amide bonds. The Morgan fingerprint density at radius 3 is 2.13 bits per heavy atom. The van der Waals surface area contributed by atoms with Crippen molar-refractivity contribution in [3.63, 3.8) is 0 Å². The van der Waals surface area contributed by atoms with Crippen molar-refractivity contribution in [2.24, 2.45) is 0 Å². The van der Waals surface area contributed by atoms with Gasteiger partial charge in [0, 0.05) is 24.3 Å². The van der Waals surface area contributed by atoms with Crippen molar-refractivity contribution in [2.45, 2.75) is 38.7 Å². The number of rotatable bonds is 8. The minimum atomic E-state index is -3.82. The minimum absolute atomic E-state index is 0.0477. The summed E-state index contributed by atoms with van der Waals surface area (Å²) < 4.78 is 32.0. The number of nitrogens with one attached hydrogen (secondary N) is 1. The molecule has 7 nitrogen and oxygen atoms in total. The Kier molecular flexibility index (Phi) is 8.00. The van der Waals surface area contributed by atoms with Gasteiger partial charge < -0.3 is 10.1 Å². The molecule has 0 aliphatic carbocycles. The summed E-state index contributed by atoms with van der Waals surface area (Å²) in [5, 5.41) is 2.73. The van der Waals surface area contributed by atoms with E-state index in [0.29, 0.717) is 11.3 Å². The van der Waals surface area contributed by atoms with Crippen LogP contribution in [0.3, 0.4) is 0 Å². The molecular weight excluding hydrogens is 428 g/mol. The first-order valence-electron chi connectivity index (χ1n) is 9.52. The molecule has 2 aromatic carbocycles. The molecule has 1 N–H and O–H groups in total. The van der Waals surface area contributed by atoms with Crippen LogP contribution >= 0.6 is 11.6 Å². The van der Waals surface area contributed by atoms with E-state index in [1.54, 1.807) is 52.0 Å².